The van der Waals surface area contributed by atoms with Crippen LogP contribution in [0.2, 0.25) is 0 Å². The normalized spacial score (nSPS) is 13.0. The maximum atomic E-state index is 5.70. The second-order valence-electron chi connectivity index (χ2n) is 3.53. The molecule has 0 aliphatic carbocycles. The van der Waals surface area contributed by atoms with Gasteiger partial charge in [0.15, 0.2) is 0 Å². The predicted octanol–water partition coefficient (Wildman–Crippen LogP) is 1.52. The molecule has 0 aliphatic rings. The minimum atomic E-state index is 0.130. The summed E-state index contributed by atoms with van der Waals surface area (Å²) in [5.74, 6) is 0. The number of hydrogen-bond acceptors (Lipinski definition) is 3. The third kappa shape index (κ3) is 1.88. The highest BCUT2D eigenvalue weighted by Crippen LogP contribution is 2.08. The number of nitrogens with zero attached hydrogens (tertiary/aromatic N) is 2. The number of nitrogens with two attached hydrogens (primary N) is 1. The van der Waals surface area contributed by atoms with Gasteiger partial charge >= 0.3 is 0 Å². The molecule has 0 spiro atoms. The molecule has 3 heteroatoms. The van der Waals surface area contributed by atoms with Crippen molar-refractivity contribution in [3.8, 4) is 0 Å². The highest BCUT2D eigenvalue weighted by atomic mass is 14.8. The Morgan fingerprint density at radius 2 is 2.00 bits per heavy atom. The standard InChI is InChI=1S/C11H13N3/c1-8(12)6-9-7-13-10-4-2-3-5-11(10)14-9/h2-5,7-8H,6,12H2,1H3/t8-/m0/s1. The van der Waals surface area contributed by atoms with Crippen LogP contribution in [-0.4, -0.2) is 16.0 Å². The Kier molecular flexibility index (Phi) is 2.41. The quantitative estimate of drug-likeness (QED) is 0.775. The van der Waals surface area contributed by atoms with Crippen LogP contribution in [0.5, 0.6) is 0 Å². The fourth-order valence-electron chi connectivity index (χ4n) is 1.42. The van der Waals surface area contributed by atoms with E-state index in [9.17, 15) is 0 Å². The molecule has 0 aliphatic heterocycles. The lowest BCUT2D eigenvalue weighted by Gasteiger charge is -2.04. The molecule has 0 saturated heterocycles. The largest absolute Gasteiger partial charge is 0.328 e. The molecule has 1 aromatic heterocycles. The van der Waals surface area contributed by atoms with Gasteiger partial charge in [0.25, 0.3) is 0 Å². The van der Waals surface area contributed by atoms with Crippen LogP contribution >= 0.6 is 0 Å². The van der Waals surface area contributed by atoms with Gasteiger partial charge in [-0.25, -0.2) is 4.98 Å². The lowest BCUT2D eigenvalue weighted by Crippen LogP contribution is -2.18. The van der Waals surface area contributed by atoms with E-state index in [0.717, 1.165) is 23.1 Å². The van der Waals surface area contributed by atoms with Crippen molar-refractivity contribution in [2.24, 2.45) is 5.73 Å². The van der Waals surface area contributed by atoms with Gasteiger partial charge in [0.2, 0.25) is 0 Å². The molecule has 0 fully saturated rings. The molecule has 0 radical (unpaired) electrons. The number of aromatic nitrogens is 2. The SMILES string of the molecule is C[C@H](N)Cc1cnc2ccccc2n1. The zero-order valence-corrected chi connectivity index (χ0v) is 8.14. The molecule has 1 heterocycles. The summed E-state index contributed by atoms with van der Waals surface area (Å²) in [6.45, 7) is 1.97. The first-order valence-electron chi connectivity index (χ1n) is 4.72. The van der Waals surface area contributed by atoms with Crippen molar-refractivity contribution in [2.45, 2.75) is 19.4 Å². The van der Waals surface area contributed by atoms with Gasteiger partial charge in [0, 0.05) is 18.7 Å². The highest BCUT2D eigenvalue weighted by Gasteiger charge is 2.01. The van der Waals surface area contributed by atoms with Crippen LogP contribution in [0.25, 0.3) is 11.0 Å². The maximum Gasteiger partial charge on any atom is 0.0890 e. The van der Waals surface area contributed by atoms with Crippen molar-refractivity contribution in [2.75, 3.05) is 0 Å². The molecule has 72 valence electrons. The lowest BCUT2D eigenvalue weighted by molar-refractivity contribution is 0.722. The van der Waals surface area contributed by atoms with Crippen LogP contribution < -0.4 is 5.73 Å². The smallest absolute Gasteiger partial charge is 0.0890 e. The summed E-state index contributed by atoms with van der Waals surface area (Å²) < 4.78 is 0. The zero-order valence-electron chi connectivity index (χ0n) is 8.14. The molecule has 1 aromatic carbocycles. The van der Waals surface area contributed by atoms with Crippen molar-refractivity contribution >= 4 is 11.0 Å². The van der Waals surface area contributed by atoms with Crippen LogP contribution in [0.1, 0.15) is 12.6 Å². The molecule has 0 saturated carbocycles. The van der Waals surface area contributed by atoms with E-state index in [4.69, 9.17) is 5.73 Å². The molecular formula is C11H13N3. The first-order valence-corrected chi connectivity index (χ1v) is 4.72. The van der Waals surface area contributed by atoms with Gasteiger partial charge in [0.05, 0.1) is 16.7 Å². The van der Waals surface area contributed by atoms with Crippen molar-refractivity contribution < 1.29 is 0 Å². The Morgan fingerprint density at radius 1 is 1.29 bits per heavy atom. The van der Waals surface area contributed by atoms with E-state index in [2.05, 4.69) is 9.97 Å². The molecule has 0 bridgehead atoms. The number of rotatable bonds is 2. The van der Waals surface area contributed by atoms with Crippen LogP contribution in [0, 0.1) is 0 Å². The number of para-hydroxylation sites is 2. The summed E-state index contributed by atoms with van der Waals surface area (Å²) in [4.78, 5) is 8.79. The van der Waals surface area contributed by atoms with Crippen molar-refractivity contribution in [1.82, 2.24) is 9.97 Å². The van der Waals surface area contributed by atoms with E-state index in [0.29, 0.717) is 0 Å². The second kappa shape index (κ2) is 3.72. The molecule has 0 amide bonds. The summed E-state index contributed by atoms with van der Waals surface area (Å²) in [6.07, 6.45) is 2.57. The van der Waals surface area contributed by atoms with E-state index in [1.807, 2.05) is 31.2 Å². The van der Waals surface area contributed by atoms with E-state index in [-0.39, 0.29) is 6.04 Å². The molecule has 1 atom stereocenters. The lowest BCUT2D eigenvalue weighted by atomic mass is 10.2. The summed E-state index contributed by atoms with van der Waals surface area (Å²) in [7, 11) is 0. The minimum Gasteiger partial charge on any atom is -0.328 e. The van der Waals surface area contributed by atoms with Crippen molar-refractivity contribution in [3.63, 3.8) is 0 Å². The summed E-state index contributed by atoms with van der Waals surface area (Å²) in [5.41, 5.74) is 8.53. The fourth-order valence-corrected chi connectivity index (χ4v) is 1.42. The molecule has 2 rings (SSSR count). The van der Waals surface area contributed by atoms with Crippen molar-refractivity contribution in [3.05, 3.63) is 36.2 Å². The molecular weight excluding hydrogens is 174 g/mol. The van der Waals surface area contributed by atoms with Crippen LogP contribution in [0.4, 0.5) is 0 Å². The van der Waals surface area contributed by atoms with Gasteiger partial charge in [0.1, 0.15) is 0 Å². The molecule has 2 aromatic rings. The van der Waals surface area contributed by atoms with Crippen LogP contribution in [0.15, 0.2) is 30.5 Å². The first-order chi connectivity index (χ1) is 6.75. The molecule has 0 unspecified atom stereocenters. The summed E-state index contributed by atoms with van der Waals surface area (Å²) in [6, 6.07) is 7.98. The number of hydrogen-bond donors (Lipinski definition) is 1. The molecule has 3 nitrogen and oxygen atoms in total. The molecule has 2 N–H and O–H groups in total. The van der Waals surface area contributed by atoms with Gasteiger partial charge < -0.3 is 5.73 Å². The fraction of sp³-hybridized carbons (Fsp3) is 0.273. The Balaban J connectivity index is 2.41. The van der Waals surface area contributed by atoms with E-state index in [1.165, 1.54) is 0 Å². The summed E-state index contributed by atoms with van der Waals surface area (Å²) >= 11 is 0. The van der Waals surface area contributed by atoms with Gasteiger partial charge in [-0.1, -0.05) is 12.1 Å². The average Bonchev–Trinajstić information content (AvgIpc) is 2.17. The summed E-state index contributed by atoms with van der Waals surface area (Å²) in [5, 5.41) is 0. The first kappa shape index (κ1) is 9.09. The average molecular weight is 187 g/mol. The van der Waals surface area contributed by atoms with Crippen molar-refractivity contribution in [1.29, 1.82) is 0 Å². The van der Waals surface area contributed by atoms with Gasteiger partial charge in [-0.2, -0.15) is 0 Å². The maximum absolute atomic E-state index is 5.70. The number of benzene rings is 1. The van der Waals surface area contributed by atoms with E-state index < -0.39 is 0 Å². The monoisotopic (exact) mass is 187 g/mol. The van der Waals surface area contributed by atoms with E-state index >= 15 is 0 Å². The van der Waals surface area contributed by atoms with E-state index in [1.54, 1.807) is 6.20 Å². The third-order valence-corrected chi connectivity index (χ3v) is 2.03. The molecule has 14 heavy (non-hydrogen) atoms. The van der Waals surface area contributed by atoms with Gasteiger partial charge in [-0.05, 0) is 19.1 Å². The highest BCUT2D eigenvalue weighted by molar-refractivity contribution is 5.73. The van der Waals surface area contributed by atoms with Crippen LogP contribution in [-0.2, 0) is 6.42 Å². The minimum absolute atomic E-state index is 0.130. The van der Waals surface area contributed by atoms with Gasteiger partial charge in [-0.15, -0.1) is 0 Å². The Hall–Kier alpha value is -1.48. The number of fused-ring (bicyclic) bond motifs is 1. The Bertz CT molecular complexity index is 437. The Morgan fingerprint density at radius 3 is 2.71 bits per heavy atom. The topological polar surface area (TPSA) is 51.8 Å². The predicted molar refractivity (Wildman–Crippen MR) is 56.9 cm³/mol. The zero-order chi connectivity index (χ0) is 9.97. The Labute approximate surface area is 83.0 Å². The van der Waals surface area contributed by atoms with Gasteiger partial charge in [-0.3, -0.25) is 4.98 Å². The van der Waals surface area contributed by atoms with Crippen LogP contribution in [0.3, 0.4) is 0 Å². The second-order valence-corrected chi connectivity index (χ2v) is 3.53. The third-order valence-electron chi connectivity index (χ3n) is 2.03.